The summed E-state index contributed by atoms with van der Waals surface area (Å²) in [5.41, 5.74) is 1.91. The number of hydrogen-bond acceptors (Lipinski definition) is 3. The van der Waals surface area contributed by atoms with Crippen LogP contribution >= 0.6 is 15.9 Å². The van der Waals surface area contributed by atoms with Gasteiger partial charge in [0.25, 0.3) is 5.69 Å². The molecule has 4 nitrogen and oxygen atoms in total. The minimum atomic E-state index is -0.414. The fraction of sp³-hybridized carbons (Fsp3) is 0. The highest BCUT2D eigenvalue weighted by Crippen LogP contribution is 2.23. The van der Waals surface area contributed by atoms with Crippen LogP contribution in [0.3, 0.4) is 0 Å². The van der Waals surface area contributed by atoms with Crippen molar-refractivity contribution in [3.05, 3.63) is 57.3 Å². The SMILES string of the molecule is O=[N+]([O-])c1ccc(-c2cncc(Br)c2)cc1. The summed E-state index contributed by atoms with van der Waals surface area (Å²) in [6, 6.07) is 8.30. The predicted octanol–water partition coefficient (Wildman–Crippen LogP) is 3.42. The van der Waals surface area contributed by atoms with Gasteiger partial charge in [-0.05, 0) is 39.7 Å². The van der Waals surface area contributed by atoms with Gasteiger partial charge in [0, 0.05) is 34.6 Å². The first-order chi connectivity index (χ1) is 7.66. The van der Waals surface area contributed by atoms with Gasteiger partial charge in [-0.2, -0.15) is 0 Å². The number of nitrogens with zero attached hydrogens (tertiary/aromatic N) is 2. The van der Waals surface area contributed by atoms with Crippen LogP contribution in [0, 0.1) is 10.1 Å². The molecule has 16 heavy (non-hydrogen) atoms. The highest BCUT2D eigenvalue weighted by atomic mass is 79.9. The highest BCUT2D eigenvalue weighted by molar-refractivity contribution is 9.10. The maximum absolute atomic E-state index is 10.5. The van der Waals surface area contributed by atoms with Crippen molar-refractivity contribution < 1.29 is 4.92 Å². The Bertz CT molecular complexity index is 526. The van der Waals surface area contributed by atoms with Gasteiger partial charge in [-0.25, -0.2) is 0 Å². The van der Waals surface area contributed by atoms with E-state index in [0.29, 0.717) is 0 Å². The summed E-state index contributed by atoms with van der Waals surface area (Å²) in [4.78, 5) is 14.1. The van der Waals surface area contributed by atoms with E-state index in [4.69, 9.17) is 0 Å². The Morgan fingerprint density at radius 3 is 2.38 bits per heavy atom. The van der Waals surface area contributed by atoms with Crippen LogP contribution in [0.1, 0.15) is 0 Å². The van der Waals surface area contributed by atoms with E-state index in [9.17, 15) is 10.1 Å². The second kappa shape index (κ2) is 4.40. The number of rotatable bonds is 2. The lowest BCUT2D eigenvalue weighted by Crippen LogP contribution is -1.87. The van der Waals surface area contributed by atoms with Crippen LogP contribution in [-0.4, -0.2) is 9.91 Å². The summed E-state index contributed by atoms with van der Waals surface area (Å²) in [5.74, 6) is 0. The van der Waals surface area contributed by atoms with Gasteiger partial charge in [0.2, 0.25) is 0 Å². The summed E-state index contributed by atoms with van der Waals surface area (Å²) in [6.07, 6.45) is 3.40. The molecule has 0 bridgehead atoms. The number of benzene rings is 1. The molecule has 0 aliphatic rings. The molecular formula is C11H7BrN2O2. The van der Waals surface area contributed by atoms with Crippen LogP contribution in [0.5, 0.6) is 0 Å². The van der Waals surface area contributed by atoms with Gasteiger partial charge in [-0.1, -0.05) is 0 Å². The molecule has 0 radical (unpaired) electrons. The number of non-ortho nitro benzene ring substituents is 1. The molecule has 2 rings (SSSR count). The summed E-state index contributed by atoms with van der Waals surface area (Å²) in [6.45, 7) is 0. The van der Waals surface area contributed by atoms with Crippen molar-refractivity contribution in [2.75, 3.05) is 0 Å². The molecule has 0 spiro atoms. The molecule has 0 saturated carbocycles. The fourth-order valence-corrected chi connectivity index (χ4v) is 1.71. The van der Waals surface area contributed by atoms with Crippen molar-refractivity contribution in [3.63, 3.8) is 0 Å². The average Bonchev–Trinajstić information content (AvgIpc) is 2.29. The van der Waals surface area contributed by atoms with Gasteiger partial charge in [0.05, 0.1) is 4.92 Å². The third kappa shape index (κ3) is 2.25. The Labute approximate surface area is 100 Å². The number of halogens is 1. The summed E-state index contributed by atoms with van der Waals surface area (Å²) in [7, 11) is 0. The van der Waals surface area contributed by atoms with Gasteiger partial charge in [0.15, 0.2) is 0 Å². The lowest BCUT2D eigenvalue weighted by atomic mass is 10.1. The number of nitro groups is 1. The van der Waals surface area contributed by atoms with E-state index in [-0.39, 0.29) is 5.69 Å². The van der Waals surface area contributed by atoms with Crippen LogP contribution < -0.4 is 0 Å². The predicted molar refractivity (Wildman–Crippen MR) is 64.0 cm³/mol. The molecule has 0 aliphatic heterocycles. The van der Waals surface area contributed by atoms with E-state index >= 15 is 0 Å². The zero-order valence-electron chi connectivity index (χ0n) is 8.13. The number of nitro benzene ring substituents is 1. The Kier molecular flexibility index (Phi) is 2.96. The fourth-order valence-electron chi connectivity index (χ4n) is 1.35. The minimum absolute atomic E-state index is 0.0895. The molecule has 1 aromatic carbocycles. The lowest BCUT2D eigenvalue weighted by molar-refractivity contribution is -0.384. The van der Waals surface area contributed by atoms with Crippen LogP contribution in [0.4, 0.5) is 5.69 Å². The van der Waals surface area contributed by atoms with Gasteiger partial charge in [-0.15, -0.1) is 0 Å². The summed E-state index contributed by atoms with van der Waals surface area (Å²) < 4.78 is 0.878. The van der Waals surface area contributed by atoms with Gasteiger partial charge >= 0.3 is 0 Å². The standard InChI is InChI=1S/C11H7BrN2O2/c12-10-5-9(6-13-7-10)8-1-3-11(4-2-8)14(15)16/h1-7H. The minimum Gasteiger partial charge on any atom is -0.263 e. The quantitative estimate of drug-likeness (QED) is 0.625. The van der Waals surface area contributed by atoms with E-state index in [1.165, 1.54) is 12.1 Å². The third-order valence-corrected chi connectivity index (χ3v) is 2.55. The molecule has 1 aromatic heterocycles. The molecule has 0 aliphatic carbocycles. The first kappa shape index (κ1) is 10.8. The first-order valence-electron chi connectivity index (χ1n) is 4.52. The van der Waals surface area contributed by atoms with Gasteiger partial charge in [0.1, 0.15) is 0 Å². The van der Waals surface area contributed by atoms with Crippen LogP contribution in [0.2, 0.25) is 0 Å². The normalized spacial score (nSPS) is 10.1. The second-order valence-electron chi connectivity index (χ2n) is 3.20. The zero-order chi connectivity index (χ0) is 11.5. The Balaban J connectivity index is 2.38. The molecule has 0 amide bonds. The first-order valence-corrected chi connectivity index (χ1v) is 5.31. The number of aromatic nitrogens is 1. The van der Waals surface area contributed by atoms with Gasteiger partial charge in [-0.3, -0.25) is 15.1 Å². The largest absolute Gasteiger partial charge is 0.269 e. The molecular weight excluding hydrogens is 272 g/mol. The van der Waals surface area contributed by atoms with Crippen molar-refractivity contribution in [3.8, 4) is 11.1 Å². The van der Waals surface area contributed by atoms with E-state index < -0.39 is 4.92 Å². The Hall–Kier alpha value is -1.75. The molecule has 80 valence electrons. The van der Waals surface area contributed by atoms with E-state index in [2.05, 4.69) is 20.9 Å². The van der Waals surface area contributed by atoms with Crippen molar-refractivity contribution in [2.45, 2.75) is 0 Å². The van der Waals surface area contributed by atoms with Crippen molar-refractivity contribution in [2.24, 2.45) is 0 Å². The van der Waals surface area contributed by atoms with Gasteiger partial charge < -0.3 is 0 Å². The molecule has 0 atom stereocenters. The Morgan fingerprint density at radius 1 is 1.12 bits per heavy atom. The smallest absolute Gasteiger partial charge is 0.263 e. The number of hydrogen-bond donors (Lipinski definition) is 0. The lowest BCUT2D eigenvalue weighted by Gasteiger charge is -2.00. The highest BCUT2D eigenvalue weighted by Gasteiger charge is 2.05. The molecule has 0 fully saturated rings. The molecule has 5 heteroatoms. The maximum atomic E-state index is 10.5. The van der Waals surface area contributed by atoms with E-state index in [0.717, 1.165) is 15.6 Å². The topological polar surface area (TPSA) is 56.0 Å². The zero-order valence-corrected chi connectivity index (χ0v) is 9.72. The van der Waals surface area contributed by atoms with Crippen LogP contribution in [0.15, 0.2) is 47.2 Å². The van der Waals surface area contributed by atoms with E-state index in [1.54, 1.807) is 24.5 Å². The molecule has 0 N–H and O–H groups in total. The van der Waals surface area contributed by atoms with Crippen molar-refractivity contribution in [1.29, 1.82) is 0 Å². The summed E-state index contributed by atoms with van der Waals surface area (Å²) >= 11 is 3.33. The molecule has 0 saturated heterocycles. The Morgan fingerprint density at radius 2 is 1.81 bits per heavy atom. The summed E-state index contributed by atoms with van der Waals surface area (Å²) in [5, 5.41) is 10.5. The third-order valence-electron chi connectivity index (χ3n) is 2.12. The maximum Gasteiger partial charge on any atom is 0.269 e. The van der Waals surface area contributed by atoms with Crippen molar-refractivity contribution >= 4 is 21.6 Å². The van der Waals surface area contributed by atoms with Crippen LogP contribution in [0.25, 0.3) is 11.1 Å². The molecule has 1 heterocycles. The second-order valence-corrected chi connectivity index (χ2v) is 4.11. The molecule has 2 aromatic rings. The molecule has 0 unspecified atom stereocenters. The average molecular weight is 279 g/mol. The monoisotopic (exact) mass is 278 g/mol. The number of pyridine rings is 1. The van der Waals surface area contributed by atoms with E-state index in [1.807, 2.05) is 6.07 Å². The van der Waals surface area contributed by atoms with Crippen molar-refractivity contribution in [1.82, 2.24) is 4.98 Å². The van der Waals surface area contributed by atoms with Crippen LogP contribution in [-0.2, 0) is 0 Å².